The van der Waals surface area contributed by atoms with E-state index in [4.69, 9.17) is 28.3 Å². The molecule has 8 heteroatoms. The maximum Gasteiger partial charge on any atom is 0.433 e. The lowest BCUT2D eigenvalue weighted by Crippen LogP contribution is -2.13. The van der Waals surface area contributed by atoms with Crippen LogP contribution in [0.25, 0.3) is 0 Å². The zero-order valence-electron chi connectivity index (χ0n) is 8.63. The molecule has 0 aliphatic heterocycles. The number of alkyl halides is 5. The summed E-state index contributed by atoms with van der Waals surface area (Å²) in [4.78, 5) is 14.3. The number of pyridine rings is 1. The van der Waals surface area contributed by atoms with Crippen LogP contribution >= 0.6 is 23.2 Å². The molecule has 1 atom stereocenters. The molecule has 0 spiro atoms. The van der Waals surface area contributed by atoms with Gasteiger partial charge in [-0.1, -0.05) is 0 Å². The van der Waals surface area contributed by atoms with Crippen LogP contribution in [-0.4, -0.2) is 20.4 Å². The molecular formula is C10H6Cl2F3NO2. The molecule has 1 N–H and O–H groups in total. The summed E-state index contributed by atoms with van der Waals surface area (Å²) in [5, 5.41) is 8.90. The Hall–Kier alpha value is -1.01. The van der Waals surface area contributed by atoms with Crippen molar-refractivity contribution in [1.29, 1.82) is 0 Å². The molecule has 1 aromatic heterocycles. The molecule has 2 rings (SSSR count). The van der Waals surface area contributed by atoms with Crippen LogP contribution in [0.3, 0.4) is 0 Å². The highest BCUT2D eigenvalue weighted by molar-refractivity contribution is 6.51. The maximum atomic E-state index is 12.5. The first-order valence-electron chi connectivity index (χ1n) is 4.82. The minimum atomic E-state index is -4.64. The molecular weight excluding hydrogens is 294 g/mol. The quantitative estimate of drug-likeness (QED) is 0.851. The van der Waals surface area contributed by atoms with Crippen molar-refractivity contribution in [2.75, 3.05) is 0 Å². The van der Waals surface area contributed by atoms with Gasteiger partial charge in [0.25, 0.3) is 0 Å². The van der Waals surface area contributed by atoms with Crippen molar-refractivity contribution in [3.8, 4) is 0 Å². The summed E-state index contributed by atoms with van der Waals surface area (Å²) in [6.45, 7) is 0. The van der Waals surface area contributed by atoms with E-state index in [0.717, 1.165) is 6.07 Å². The first-order chi connectivity index (χ1) is 8.13. The summed E-state index contributed by atoms with van der Waals surface area (Å²) in [6, 6.07) is 1.50. The zero-order valence-corrected chi connectivity index (χ0v) is 10.1. The van der Waals surface area contributed by atoms with Gasteiger partial charge in [0, 0.05) is 5.92 Å². The molecule has 0 aromatic carbocycles. The number of carbonyl (C=O) groups is 1. The van der Waals surface area contributed by atoms with Crippen molar-refractivity contribution in [3.63, 3.8) is 0 Å². The molecule has 0 bridgehead atoms. The molecule has 1 heterocycles. The molecule has 3 nitrogen and oxygen atoms in total. The fourth-order valence-electron chi connectivity index (χ4n) is 1.59. The van der Waals surface area contributed by atoms with Gasteiger partial charge in [-0.15, -0.1) is 23.2 Å². The topological polar surface area (TPSA) is 50.2 Å². The molecule has 1 unspecified atom stereocenters. The molecule has 1 aromatic rings. The molecule has 1 aliphatic carbocycles. The Morgan fingerprint density at radius 3 is 2.39 bits per heavy atom. The molecule has 1 fully saturated rings. The highest BCUT2D eigenvalue weighted by atomic mass is 35.5. The fourth-order valence-corrected chi connectivity index (χ4v) is 2.10. The number of aromatic carboxylic acids is 1. The van der Waals surface area contributed by atoms with Gasteiger partial charge in [0.15, 0.2) is 0 Å². The lowest BCUT2D eigenvalue weighted by Gasteiger charge is -2.10. The van der Waals surface area contributed by atoms with Gasteiger partial charge in [-0.05, 0) is 18.6 Å². The predicted octanol–water partition coefficient (Wildman–Crippen LogP) is 3.46. The largest absolute Gasteiger partial charge is 0.478 e. The average Bonchev–Trinajstić information content (AvgIpc) is 2.85. The number of nitrogens with zero attached hydrogens (tertiary/aromatic N) is 1. The third-order valence-electron chi connectivity index (χ3n) is 2.60. The Balaban J connectivity index is 2.50. The molecule has 1 saturated carbocycles. The normalized spacial score (nSPS) is 21.7. The number of hydrogen-bond donors (Lipinski definition) is 1. The monoisotopic (exact) mass is 299 g/mol. The predicted molar refractivity (Wildman–Crippen MR) is 58.0 cm³/mol. The van der Waals surface area contributed by atoms with Gasteiger partial charge in [0.1, 0.15) is 10.0 Å². The van der Waals surface area contributed by atoms with Crippen molar-refractivity contribution in [1.82, 2.24) is 4.98 Å². The maximum absolute atomic E-state index is 12.5. The second-order valence-corrected chi connectivity index (χ2v) is 5.49. The first-order valence-corrected chi connectivity index (χ1v) is 5.58. The molecule has 0 saturated heterocycles. The van der Waals surface area contributed by atoms with Crippen LogP contribution in [-0.2, 0) is 6.18 Å². The van der Waals surface area contributed by atoms with E-state index < -0.39 is 28.1 Å². The fraction of sp³-hybridized carbons (Fsp3) is 0.400. The Bertz CT molecular complexity index is 516. The van der Waals surface area contributed by atoms with E-state index in [1.165, 1.54) is 0 Å². The van der Waals surface area contributed by atoms with Gasteiger partial charge < -0.3 is 5.11 Å². The summed E-state index contributed by atoms with van der Waals surface area (Å²) >= 11 is 11.5. The van der Waals surface area contributed by atoms with Gasteiger partial charge in [0.05, 0.1) is 11.3 Å². The van der Waals surface area contributed by atoms with Crippen LogP contribution in [0.2, 0.25) is 0 Å². The first kappa shape index (κ1) is 13.4. The van der Waals surface area contributed by atoms with Crippen molar-refractivity contribution >= 4 is 29.2 Å². The van der Waals surface area contributed by atoms with E-state index in [1.807, 2.05) is 0 Å². The average molecular weight is 300 g/mol. The number of carboxylic acids is 1. The Labute approximate surface area is 110 Å². The van der Waals surface area contributed by atoms with E-state index in [2.05, 4.69) is 4.98 Å². The van der Waals surface area contributed by atoms with E-state index in [9.17, 15) is 18.0 Å². The summed E-state index contributed by atoms with van der Waals surface area (Å²) in [5.41, 5.74) is -1.68. The van der Waals surface area contributed by atoms with Crippen LogP contribution in [0.1, 0.15) is 34.1 Å². The van der Waals surface area contributed by atoms with Gasteiger partial charge in [0.2, 0.25) is 0 Å². The van der Waals surface area contributed by atoms with E-state index in [1.54, 1.807) is 0 Å². The Morgan fingerprint density at radius 2 is 2.00 bits per heavy atom. The van der Waals surface area contributed by atoms with E-state index >= 15 is 0 Å². The number of rotatable bonds is 2. The van der Waals surface area contributed by atoms with Crippen LogP contribution in [0.4, 0.5) is 13.2 Å². The van der Waals surface area contributed by atoms with Gasteiger partial charge in [-0.25, -0.2) is 9.78 Å². The van der Waals surface area contributed by atoms with E-state index in [-0.39, 0.29) is 17.7 Å². The zero-order chi connectivity index (χ0) is 13.7. The molecule has 0 radical (unpaired) electrons. The number of halogens is 5. The summed E-state index contributed by atoms with van der Waals surface area (Å²) in [7, 11) is 0. The Morgan fingerprint density at radius 1 is 1.44 bits per heavy atom. The van der Waals surface area contributed by atoms with Gasteiger partial charge >= 0.3 is 12.1 Å². The lowest BCUT2D eigenvalue weighted by molar-refractivity contribution is -0.141. The standard InChI is InChI=1S/C10H6Cl2F3NO2/c11-9(12)3-5(9)7-4(8(17)18)1-2-6(16-7)10(13,14)15/h1-2,5H,3H2,(H,17,18). The lowest BCUT2D eigenvalue weighted by atomic mass is 10.1. The van der Waals surface area contributed by atoms with Crippen molar-refractivity contribution in [3.05, 3.63) is 29.1 Å². The van der Waals surface area contributed by atoms with Crippen LogP contribution in [0, 0.1) is 0 Å². The second-order valence-electron chi connectivity index (χ2n) is 3.95. The van der Waals surface area contributed by atoms with Gasteiger partial charge in [-0.2, -0.15) is 13.2 Å². The smallest absolute Gasteiger partial charge is 0.433 e. The number of aromatic nitrogens is 1. The Kier molecular flexibility index (Phi) is 2.98. The van der Waals surface area contributed by atoms with E-state index in [0.29, 0.717) is 6.07 Å². The second kappa shape index (κ2) is 3.99. The highest BCUT2D eigenvalue weighted by Crippen LogP contribution is 2.59. The summed E-state index contributed by atoms with van der Waals surface area (Å²) in [5.74, 6) is -2.04. The van der Waals surface area contributed by atoms with Gasteiger partial charge in [-0.3, -0.25) is 0 Å². The molecule has 1 aliphatic rings. The molecule has 0 amide bonds. The minimum Gasteiger partial charge on any atom is -0.478 e. The van der Waals surface area contributed by atoms with Crippen molar-refractivity contribution < 1.29 is 23.1 Å². The highest BCUT2D eigenvalue weighted by Gasteiger charge is 2.55. The minimum absolute atomic E-state index is 0.185. The van der Waals surface area contributed by atoms with Crippen molar-refractivity contribution in [2.45, 2.75) is 22.8 Å². The third kappa shape index (κ3) is 2.40. The molecule has 18 heavy (non-hydrogen) atoms. The molecule has 98 valence electrons. The summed E-state index contributed by atoms with van der Waals surface area (Å²) in [6.07, 6.45) is -4.45. The SMILES string of the molecule is O=C(O)c1ccc(C(F)(F)F)nc1C1CC1(Cl)Cl. The summed E-state index contributed by atoms with van der Waals surface area (Å²) < 4.78 is 36.3. The van der Waals surface area contributed by atoms with Crippen LogP contribution in [0.5, 0.6) is 0 Å². The number of carboxylic acid groups (broad SMARTS) is 1. The van der Waals surface area contributed by atoms with Crippen molar-refractivity contribution in [2.24, 2.45) is 0 Å². The van der Waals surface area contributed by atoms with Crippen LogP contribution in [0.15, 0.2) is 12.1 Å². The third-order valence-corrected chi connectivity index (χ3v) is 3.44. The number of hydrogen-bond acceptors (Lipinski definition) is 2. The van der Waals surface area contributed by atoms with Crippen LogP contribution < -0.4 is 0 Å².